The third kappa shape index (κ3) is 2.81. The molecule has 0 aliphatic heterocycles. The van der Waals surface area contributed by atoms with Gasteiger partial charge in [0.2, 0.25) is 5.91 Å². The number of nitrogens with zero attached hydrogens (tertiary/aromatic N) is 1. The van der Waals surface area contributed by atoms with Crippen LogP contribution in [0.3, 0.4) is 0 Å². The first-order valence-corrected chi connectivity index (χ1v) is 4.55. The Balaban J connectivity index is 2.62. The fourth-order valence-corrected chi connectivity index (χ4v) is 1.25. The molecule has 0 saturated carbocycles. The molecule has 0 fully saturated rings. The summed E-state index contributed by atoms with van der Waals surface area (Å²) in [6.07, 6.45) is 4.14. The van der Waals surface area contributed by atoms with Gasteiger partial charge < -0.3 is 10.6 Å². The maximum Gasteiger partial charge on any atom is 0.237 e. The monoisotopic (exact) mass is 193 g/mol. The molecule has 0 aliphatic carbocycles. The molecule has 1 rings (SSSR count). The maximum atomic E-state index is 11.4. The number of pyridine rings is 1. The molecule has 0 bridgehead atoms. The minimum Gasteiger partial charge on any atom is -0.358 e. The van der Waals surface area contributed by atoms with Crippen LogP contribution in [0, 0.1) is 0 Å². The van der Waals surface area contributed by atoms with Gasteiger partial charge in [0.05, 0.1) is 6.04 Å². The molecule has 1 unspecified atom stereocenters. The van der Waals surface area contributed by atoms with Crippen LogP contribution in [0.5, 0.6) is 0 Å². The molecule has 1 atom stereocenters. The zero-order chi connectivity index (χ0) is 10.4. The van der Waals surface area contributed by atoms with E-state index < -0.39 is 0 Å². The number of aromatic nitrogens is 1. The summed E-state index contributed by atoms with van der Waals surface area (Å²) in [4.78, 5) is 15.3. The van der Waals surface area contributed by atoms with Gasteiger partial charge in [-0.25, -0.2) is 0 Å². The number of hydrogen-bond acceptors (Lipinski definition) is 3. The van der Waals surface area contributed by atoms with Crippen molar-refractivity contribution >= 4 is 5.91 Å². The molecule has 14 heavy (non-hydrogen) atoms. The highest BCUT2D eigenvalue weighted by atomic mass is 16.2. The van der Waals surface area contributed by atoms with E-state index >= 15 is 0 Å². The molecule has 0 spiro atoms. The zero-order valence-electron chi connectivity index (χ0n) is 8.45. The topological polar surface area (TPSA) is 54.0 Å². The Hall–Kier alpha value is -1.42. The molecule has 0 aromatic carbocycles. The molecule has 4 nitrogen and oxygen atoms in total. The highest BCUT2D eigenvalue weighted by molar-refractivity contribution is 5.81. The van der Waals surface area contributed by atoms with Gasteiger partial charge in [-0.2, -0.15) is 0 Å². The number of carbonyl (C=O) groups is 1. The molecule has 0 radical (unpaired) electrons. The lowest BCUT2D eigenvalue weighted by molar-refractivity contribution is -0.122. The van der Waals surface area contributed by atoms with Crippen LogP contribution in [0.2, 0.25) is 0 Å². The van der Waals surface area contributed by atoms with Gasteiger partial charge in [0, 0.05) is 19.4 Å². The van der Waals surface area contributed by atoms with Crippen molar-refractivity contribution in [2.75, 3.05) is 14.1 Å². The molecule has 4 heteroatoms. The second-order valence-corrected chi connectivity index (χ2v) is 3.02. The Bertz CT molecular complexity index is 287. The van der Waals surface area contributed by atoms with Crippen LogP contribution in [0.15, 0.2) is 24.5 Å². The SMILES string of the molecule is CNC(=O)C(Cc1ccncc1)NC. The largest absolute Gasteiger partial charge is 0.358 e. The van der Waals surface area contributed by atoms with Crippen molar-refractivity contribution in [1.29, 1.82) is 0 Å². The van der Waals surface area contributed by atoms with Crippen molar-refractivity contribution in [3.05, 3.63) is 30.1 Å². The summed E-state index contributed by atoms with van der Waals surface area (Å²) in [7, 11) is 3.42. The number of carbonyl (C=O) groups excluding carboxylic acids is 1. The van der Waals surface area contributed by atoms with E-state index in [1.807, 2.05) is 12.1 Å². The van der Waals surface area contributed by atoms with Crippen LogP contribution in [-0.2, 0) is 11.2 Å². The molecule has 2 N–H and O–H groups in total. The van der Waals surface area contributed by atoms with E-state index in [0.717, 1.165) is 5.56 Å². The molecule has 1 amide bonds. The summed E-state index contributed by atoms with van der Waals surface area (Å²) in [5.41, 5.74) is 1.10. The van der Waals surface area contributed by atoms with Crippen LogP contribution in [-0.4, -0.2) is 31.0 Å². The van der Waals surface area contributed by atoms with Crippen LogP contribution in [0.25, 0.3) is 0 Å². The second kappa shape index (κ2) is 5.34. The normalized spacial score (nSPS) is 12.1. The van der Waals surface area contributed by atoms with Crippen molar-refractivity contribution in [2.45, 2.75) is 12.5 Å². The maximum absolute atomic E-state index is 11.4. The number of hydrogen-bond donors (Lipinski definition) is 2. The van der Waals surface area contributed by atoms with Gasteiger partial charge in [0.1, 0.15) is 0 Å². The highest BCUT2D eigenvalue weighted by Gasteiger charge is 2.14. The zero-order valence-corrected chi connectivity index (χ0v) is 8.45. The smallest absolute Gasteiger partial charge is 0.237 e. The average molecular weight is 193 g/mol. The van der Waals surface area contributed by atoms with Gasteiger partial charge >= 0.3 is 0 Å². The van der Waals surface area contributed by atoms with Crippen molar-refractivity contribution in [3.8, 4) is 0 Å². The van der Waals surface area contributed by atoms with Gasteiger partial charge in [0.25, 0.3) is 0 Å². The van der Waals surface area contributed by atoms with Crippen molar-refractivity contribution in [2.24, 2.45) is 0 Å². The van der Waals surface area contributed by atoms with Gasteiger partial charge in [-0.05, 0) is 31.2 Å². The van der Waals surface area contributed by atoms with E-state index in [2.05, 4.69) is 15.6 Å². The lowest BCUT2D eigenvalue weighted by Gasteiger charge is -2.13. The molecule has 1 aromatic rings. The third-order valence-electron chi connectivity index (χ3n) is 2.10. The van der Waals surface area contributed by atoms with Gasteiger partial charge in [-0.1, -0.05) is 0 Å². The molecular weight excluding hydrogens is 178 g/mol. The van der Waals surface area contributed by atoms with Crippen LogP contribution in [0.4, 0.5) is 0 Å². The van der Waals surface area contributed by atoms with E-state index in [9.17, 15) is 4.79 Å². The van der Waals surface area contributed by atoms with E-state index in [4.69, 9.17) is 0 Å². The minimum atomic E-state index is -0.178. The van der Waals surface area contributed by atoms with E-state index in [1.165, 1.54) is 0 Å². The highest BCUT2D eigenvalue weighted by Crippen LogP contribution is 2.01. The Morgan fingerprint density at radius 3 is 2.57 bits per heavy atom. The average Bonchev–Trinajstić information content (AvgIpc) is 2.26. The summed E-state index contributed by atoms with van der Waals surface area (Å²) in [5.74, 6) is 0.00399. The standard InChI is InChI=1S/C10H15N3O/c1-11-9(10(14)12-2)7-8-3-5-13-6-4-8/h3-6,9,11H,7H2,1-2H3,(H,12,14). The Morgan fingerprint density at radius 2 is 2.07 bits per heavy atom. The lowest BCUT2D eigenvalue weighted by atomic mass is 10.1. The van der Waals surface area contributed by atoms with Crippen LogP contribution in [0.1, 0.15) is 5.56 Å². The number of nitrogens with one attached hydrogen (secondary N) is 2. The second-order valence-electron chi connectivity index (χ2n) is 3.02. The predicted octanol–water partition coefficient (Wildman–Crippen LogP) is -0.0419. The summed E-state index contributed by atoms with van der Waals surface area (Å²) in [6, 6.07) is 3.64. The molecule has 0 aliphatic rings. The predicted molar refractivity (Wildman–Crippen MR) is 54.9 cm³/mol. The van der Waals surface area contributed by atoms with Crippen molar-refractivity contribution in [1.82, 2.24) is 15.6 Å². The number of rotatable bonds is 4. The fourth-order valence-electron chi connectivity index (χ4n) is 1.25. The third-order valence-corrected chi connectivity index (χ3v) is 2.10. The van der Waals surface area contributed by atoms with Crippen LogP contribution < -0.4 is 10.6 Å². The first kappa shape index (κ1) is 10.7. The van der Waals surface area contributed by atoms with Crippen molar-refractivity contribution < 1.29 is 4.79 Å². The summed E-state index contributed by atoms with van der Waals surface area (Å²) >= 11 is 0. The fraction of sp³-hybridized carbons (Fsp3) is 0.400. The molecule has 1 heterocycles. The lowest BCUT2D eigenvalue weighted by Crippen LogP contribution is -2.42. The molecule has 1 aromatic heterocycles. The van der Waals surface area contributed by atoms with Gasteiger partial charge in [-0.15, -0.1) is 0 Å². The molecule has 0 saturated heterocycles. The summed E-state index contributed by atoms with van der Waals surface area (Å²) < 4.78 is 0. The molecule has 76 valence electrons. The number of likely N-dealkylation sites (N-methyl/N-ethyl adjacent to an activating group) is 2. The van der Waals surface area contributed by atoms with E-state index in [-0.39, 0.29) is 11.9 Å². The summed E-state index contributed by atoms with van der Waals surface area (Å²) in [6.45, 7) is 0. The quantitative estimate of drug-likeness (QED) is 0.705. The van der Waals surface area contributed by atoms with Gasteiger partial charge in [-0.3, -0.25) is 9.78 Å². The summed E-state index contributed by atoms with van der Waals surface area (Å²) in [5, 5.41) is 5.59. The minimum absolute atomic E-state index is 0.00399. The van der Waals surface area contributed by atoms with E-state index in [0.29, 0.717) is 6.42 Å². The van der Waals surface area contributed by atoms with E-state index in [1.54, 1.807) is 26.5 Å². The molecular formula is C10H15N3O. The number of amides is 1. The van der Waals surface area contributed by atoms with Gasteiger partial charge in [0.15, 0.2) is 0 Å². The van der Waals surface area contributed by atoms with Crippen LogP contribution >= 0.6 is 0 Å². The Labute approximate surface area is 83.7 Å². The first-order chi connectivity index (χ1) is 6.77. The first-order valence-electron chi connectivity index (χ1n) is 4.55. The van der Waals surface area contributed by atoms with Crippen molar-refractivity contribution in [3.63, 3.8) is 0 Å². The Kier molecular flexibility index (Phi) is 4.07. The Morgan fingerprint density at radius 1 is 1.43 bits per heavy atom.